The van der Waals surface area contributed by atoms with Crippen molar-refractivity contribution in [2.24, 2.45) is 7.05 Å². The van der Waals surface area contributed by atoms with Crippen LogP contribution in [0.15, 0.2) is 22.6 Å². The standard InChI is InChI=1S/C19H24N6O3/c1-11-9-12(2)25(21-11)10-14-7-8-15(28-14)18(26)20-16-13(3)24(6)22-17(16)19(27)23(4)5/h7-9H,10H2,1-6H3,(H,20,26). The van der Waals surface area contributed by atoms with Gasteiger partial charge in [0.1, 0.15) is 5.76 Å². The van der Waals surface area contributed by atoms with E-state index in [1.54, 1.807) is 44.9 Å². The molecular formula is C19H24N6O3. The number of aromatic nitrogens is 4. The summed E-state index contributed by atoms with van der Waals surface area (Å²) in [4.78, 5) is 26.4. The summed E-state index contributed by atoms with van der Waals surface area (Å²) in [5.74, 6) is 0.0408. The Labute approximate surface area is 162 Å². The van der Waals surface area contributed by atoms with E-state index in [1.165, 1.54) is 4.90 Å². The van der Waals surface area contributed by atoms with Crippen LogP contribution < -0.4 is 5.32 Å². The van der Waals surface area contributed by atoms with E-state index in [1.807, 2.05) is 24.6 Å². The zero-order chi connectivity index (χ0) is 20.6. The summed E-state index contributed by atoms with van der Waals surface area (Å²) >= 11 is 0. The molecule has 0 aliphatic carbocycles. The van der Waals surface area contributed by atoms with E-state index in [-0.39, 0.29) is 17.4 Å². The van der Waals surface area contributed by atoms with Crippen molar-refractivity contribution in [3.8, 4) is 0 Å². The summed E-state index contributed by atoms with van der Waals surface area (Å²) < 4.78 is 9.06. The normalized spacial score (nSPS) is 10.9. The van der Waals surface area contributed by atoms with Crippen molar-refractivity contribution in [1.29, 1.82) is 0 Å². The molecule has 2 amide bonds. The Morgan fingerprint density at radius 3 is 2.50 bits per heavy atom. The fourth-order valence-electron chi connectivity index (χ4n) is 2.86. The number of nitrogens with one attached hydrogen (secondary N) is 1. The van der Waals surface area contributed by atoms with Crippen LogP contribution in [0.1, 0.15) is 43.9 Å². The van der Waals surface area contributed by atoms with Crippen LogP contribution in [0.3, 0.4) is 0 Å². The Hall–Kier alpha value is -3.36. The molecular weight excluding hydrogens is 360 g/mol. The van der Waals surface area contributed by atoms with E-state index in [0.29, 0.717) is 23.7 Å². The molecule has 0 fully saturated rings. The monoisotopic (exact) mass is 384 g/mol. The second kappa shape index (κ2) is 7.34. The Balaban J connectivity index is 1.80. The zero-order valence-corrected chi connectivity index (χ0v) is 16.9. The Morgan fingerprint density at radius 1 is 1.18 bits per heavy atom. The number of hydrogen-bond donors (Lipinski definition) is 1. The molecule has 3 aromatic rings. The number of anilines is 1. The van der Waals surface area contributed by atoms with Crippen molar-refractivity contribution >= 4 is 17.5 Å². The summed E-state index contributed by atoms with van der Waals surface area (Å²) in [6.45, 7) is 6.10. The van der Waals surface area contributed by atoms with Crippen molar-refractivity contribution in [1.82, 2.24) is 24.5 Å². The molecule has 0 saturated heterocycles. The van der Waals surface area contributed by atoms with E-state index >= 15 is 0 Å². The van der Waals surface area contributed by atoms with Gasteiger partial charge in [0.05, 0.1) is 23.6 Å². The van der Waals surface area contributed by atoms with Crippen LogP contribution in [0.25, 0.3) is 0 Å². The fourth-order valence-corrected chi connectivity index (χ4v) is 2.86. The van der Waals surface area contributed by atoms with Crippen LogP contribution in [0, 0.1) is 20.8 Å². The average molecular weight is 384 g/mol. The molecule has 0 aliphatic heterocycles. The molecule has 0 saturated carbocycles. The van der Waals surface area contributed by atoms with Crippen LogP contribution in [0.5, 0.6) is 0 Å². The average Bonchev–Trinajstić information content (AvgIpc) is 3.29. The quantitative estimate of drug-likeness (QED) is 0.727. The first-order valence-electron chi connectivity index (χ1n) is 8.83. The van der Waals surface area contributed by atoms with Gasteiger partial charge in [-0.1, -0.05) is 0 Å². The van der Waals surface area contributed by atoms with Gasteiger partial charge in [0, 0.05) is 26.8 Å². The lowest BCUT2D eigenvalue weighted by atomic mass is 10.2. The molecule has 1 N–H and O–H groups in total. The maximum atomic E-state index is 12.7. The molecule has 0 aliphatic rings. The minimum Gasteiger partial charge on any atom is -0.454 e. The molecule has 28 heavy (non-hydrogen) atoms. The summed E-state index contributed by atoms with van der Waals surface area (Å²) in [7, 11) is 4.99. The van der Waals surface area contributed by atoms with Crippen molar-refractivity contribution in [3.05, 3.63) is 52.5 Å². The molecule has 0 radical (unpaired) electrons. The van der Waals surface area contributed by atoms with E-state index in [9.17, 15) is 9.59 Å². The lowest BCUT2D eigenvalue weighted by molar-refractivity contribution is 0.0822. The zero-order valence-electron chi connectivity index (χ0n) is 16.9. The molecule has 0 spiro atoms. The summed E-state index contributed by atoms with van der Waals surface area (Å²) in [5, 5.41) is 11.4. The van der Waals surface area contributed by atoms with Gasteiger partial charge in [-0.05, 0) is 39.0 Å². The highest BCUT2D eigenvalue weighted by atomic mass is 16.4. The minimum absolute atomic E-state index is 0.156. The topological polar surface area (TPSA) is 98.2 Å². The van der Waals surface area contributed by atoms with Crippen LogP contribution in [-0.2, 0) is 13.6 Å². The highest BCUT2D eigenvalue weighted by Gasteiger charge is 2.24. The third-order valence-corrected chi connectivity index (χ3v) is 4.48. The SMILES string of the molecule is Cc1cc(C)n(Cc2ccc(C(=O)Nc3c(C(=O)N(C)C)nn(C)c3C)o2)n1. The molecule has 3 rings (SSSR count). The number of furan rings is 1. The van der Waals surface area contributed by atoms with Gasteiger partial charge in [-0.2, -0.15) is 10.2 Å². The van der Waals surface area contributed by atoms with Gasteiger partial charge in [-0.15, -0.1) is 0 Å². The fraction of sp³-hybridized carbons (Fsp3) is 0.368. The van der Waals surface area contributed by atoms with Gasteiger partial charge in [0.15, 0.2) is 11.5 Å². The Kier molecular flexibility index (Phi) is 5.08. The Morgan fingerprint density at radius 2 is 1.89 bits per heavy atom. The number of carbonyl (C=O) groups excluding carboxylic acids is 2. The van der Waals surface area contributed by atoms with Crippen LogP contribution >= 0.6 is 0 Å². The maximum absolute atomic E-state index is 12.7. The number of aryl methyl sites for hydroxylation is 3. The van der Waals surface area contributed by atoms with Gasteiger partial charge in [-0.3, -0.25) is 19.0 Å². The molecule has 0 unspecified atom stereocenters. The molecule has 0 bridgehead atoms. The third kappa shape index (κ3) is 3.68. The van der Waals surface area contributed by atoms with E-state index in [2.05, 4.69) is 15.5 Å². The van der Waals surface area contributed by atoms with E-state index in [4.69, 9.17) is 4.42 Å². The van der Waals surface area contributed by atoms with Gasteiger partial charge < -0.3 is 14.6 Å². The highest BCUT2D eigenvalue weighted by Crippen LogP contribution is 2.22. The molecule has 3 heterocycles. The smallest absolute Gasteiger partial charge is 0.291 e. The summed E-state index contributed by atoms with van der Waals surface area (Å²) in [5.41, 5.74) is 3.17. The first kappa shape index (κ1) is 19.4. The highest BCUT2D eigenvalue weighted by molar-refractivity contribution is 6.07. The van der Waals surface area contributed by atoms with Gasteiger partial charge in [0.2, 0.25) is 0 Å². The number of nitrogens with zero attached hydrogens (tertiary/aromatic N) is 5. The molecule has 3 aromatic heterocycles. The number of amides is 2. The minimum atomic E-state index is -0.441. The summed E-state index contributed by atoms with van der Waals surface area (Å²) in [6, 6.07) is 5.33. The van der Waals surface area contributed by atoms with Crippen LogP contribution in [0.2, 0.25) is 0 Å². The first-order valence-corrected chi connectivity index (χ1v) is 8.83. The second-order valence-corrected chi connectivity index (χ2v) is 6.94. The second-order valence-electron chi connectivity index (χ2n) is 6.94. The van der Waals surface area contributed by atoms with Gasteiger partial charge in [-0.25, -0.2) is 0 Å². The first-order chi connectivity index (χ1) is 13.2. The maximum Gasteiger partial charge on any atom is 0.291 e. The van der Waals surface area contributed by atoms with Crippen molar-refractivity contribution in [2.75, 3.05) is 19.4 Å². The Bertz CT molecular complexity index is 1040. The molecule has 9 nitrogen and oxygen atoms in total. The van der Waals surface area contributed by atoms with E-state index in [0.717, 1.165) is 11.4 Å². The molecule has 148 valence electrons. The number of hydrogen-bond acceptors (Lipinski definition) is 5. The van der Waals surface area contributed by atoms with Crippen molar-refractivity contribution in [3.63, 3.8) is 0 Å². The largest absolute Gasteiger partial charge is 0.454 e. The number of rotatable bonds is 5. The van der Waals surface area contributed by atoms with Crippen molar-refractivity contribution < 1.29 is 14.0 Å². The summed E-state index contributed by atoms with van der Waals surface area (Å²) in [6.07, 6.45) is 0. The lowest BCUT2D eigenvalue weighted by Crippen LogP contribution is -2.24. The van der Waals surface area contributed by atoms with Crippen LogP contribution in [-0.4, -0.2) is 50.4 Å². The predicted molar refractivity (Wildman–Crippen MR) is 103 cm³/mol. The third-order valence-electron chi connectivity index (χ3n) is 4.48. The molecule has 0 atom stereocenters. The molecule has 0 aromatic carbocycles. The predicted octanol–water partition coefficient (Wildman–Crippen LogP) is 2.14. The molecule has 9 heteroatoms. The lowest BCUT2D eigenvalue weighted by Gasteiger charge is -2.10. The van der Waals surface area contributed by atoms with Crippen LogP contribution in [0.4, 0.5) is 5.69 Å². The van der Waals surface area contributed by atoms with Crippen molar-refractivity contribution in [2.45, 2.75) is 27.3 Å². The van der Waals surface area contributed by atoms with Gasteiger partial charge >= 0.3 is 0 Å². The van der Waals surface area contributed by atoms with Gasteiger partial charge in [0.25, 0.3) is 11.8 Å². The number of carbonyl (C=O) groups is 2. The van der Waals surface area contributed by atoms with E-state index < -0.39 is 5.91 Å².